The van der Waals surface area contributed by atoms with E-state index in [4.69, 9.17) is 0 Å². The van der Waals surface area contributed by atoms with E-state index in [0.29, 0.717) is 5.82 Å². The maximum Gasteiger partial charge on any atom is 0.573 e. The highest BCUT2D eigenvalue weighted by Gasteiger charge is 2.31. The number of aromatic nitrogens is 2. The molecule has 0 aliphatic carbocycles. The Hall–Kier alpha value is -1.87. The third kappa shape index (κ3) is 4.57. The normalized spacial score (nSPS) is 16.4. The van der Waals surface area contributed by atoms with Crippen LogP contribution in [0.15, 0.2) is 23.7 Å². The highest BCUT2D eigenvalue weighted by molar-refractivity contribution is 7.09. The molecule has 24 heavy (non-hydrogen) atoms. The molecule has 5 nitrogen and oxygen atoms in total. The molecule has 0 saturated carbocycles. The van der Waals surface area contributed by atoms with Crippen LogP contribution in [0.3, 0.4) is 0 Å². The molecule has 1 aliphatic heterocycles. The van der Waals surface area contributed by atoms with Crippen molar-refractivity contribution in [2.24, 2.45) is 0 Å². The Morgan fingerprint density at radius 2 is 1.96 bits per heavy atom. The van der Waals surface area contributed by atoms with E-state index in [1.54, 1.807) is 17.4 Å². The molecule has 2 aromatic rings. The second-order valence-electron chi connectivity index (χ2n) is 5.52. The molecule has 3 heterocycles. The van der Waals surface area contributed by atoms with Crippen molar-refractivity contribution < 1.29 is 17.9 Å². The molecular weight excluding hydrogens is 341 g/mol. The summed E-state index contributed by atoms with van der Waals surface area (Å²) in [5.74, 6) is 0.359. The molecule has 1 aliphatic rings. The Kier molecular flexibility index (Phi) is 4.91. The van der Waals surface area contributed by atoms with Crippen LogP contribution in [0.25, 0.3) is 0 Å². The van der Waals surface area contributed by atoms with E-state index in [9.17, 15) is 13.2 Å². The molecule has 1 fully saturated rings. The van der Waals surface area contributed by atoms with Crippen molar-refractivity contribution in [3.05, 3.63) is 34.4 Å². The predicted molar refractivity (Wildman–Crippen MR) is 85.3 cm³/mol. The summed E-state index contributed by atoms with van der Waals surface area (Å²) in [5, 5.41) is 3.14. The zero-order chi connectivity index (χ0) is 17.2. The van der Waals surface area contributed by atoms with Crippen molar-refractivity contribution in [1.29, 1.82) is 0 Å². The van der Waals surface area contributed by atoms with Gasteiger partial charge in [-0.1, -0.05) is 0 Å². The molecule has 0 unspecified atom stereocenters. The summed E-state index contributed by atoms with van der Waals surface area (Å²) in [6.07, 6.45) is -3.59. The van der Waals surface area contributed by atoms with Gasteiger partial charge in [-0.15, -0.1) is 24.5 Å². The monoisotopic (exact) mass is 358 g/mol. The molecule has 0 amide bonds. The first-order chi connectivity index (χ1) is 11.4. The number of hydrogen-bond donors (Lipinski definition) is 0. The average Bonchev–Trinajstić information content (AvgIpc) is 2.92. The summed E-state index contributed by atoms with van der Waals surface area (Å²) >= 11 is 1.65. The van der Waals surface area contributed by atoms with Crippen LogP contribution in [0.5, 0.6) is 5.75 Å². The molecule has 0 N–H and O–H groups in total. The lowest BCUT2D eigenvalue weighted by molar-refractivity contribution is -0.274. The fraction of sp³-hybridized carbons (Fsp3) is 0.467. The number of alkyl halides is 3. The number of halogens is 3. The maximum atomic E-state index is 12.1. The Bertz CT molecular complexity index is 666. The van der Waals surface area contributed by atoms with Gasteiger partial charge in [0.25, 0.3) is 0 Å². The molecule has 0 spiro atoms. The van der Waals surface area contributed by atoms with Crippen molar-refractivity contribution in [2.45, 2.75) is 19.8 Å². The summed E-state index contributed by atoms with van der Waals surface area (Å²) in [7, 11) is 0. The van der Waals surface area contributed by atoms with Gasteiger partial charge in [-0.2, -0.15) is 0 Å². The SMILES string of the molecule is Cc1nc(CN2CCN(c3ccc(OC(F)(F)F)cn3)CC2)cs1. The zero-order valence-corrected chi connectivity index (χ0v) is 13.9. The number of hydrogen-bond acceptors (Lipinski definition) is 6. The number of aryl methyl sites for hydroxylation is 1. The van der Waals surface area contributed by atoms with Gasteiger partial charge < -0.3 is 9.64 Å². The van der Waals surface area contributed by atoms with Gasteiger partial charge in [0.1, 0.15) is 11.6 Å². The van der Waals surface area contributed by atoms with Crippen LogP contribution >= 0.6 is 11.3 Å². The molecule has 0 radical (unpaired) electrons. The Morgan fingerprint density at radius 3 is 2.50 bits per heavy atom. The van der Waals surface area contributed by atoms with Crippen LogP contribution in [-0.2, 0) is 6.54 Å². The average molecular weight is 358 g/mol. The first-order valence-electron chi connectivity index (χ1n) is 7.49. The Balaban J connectivity index is 1.52. The largest absolute Gasteiger partial charge is 0.573 e. The number of piperazine rings is 1. The fourth-order valence-corrected chi connectivity index (χ4v) is 3.20. The molecule has 0 atom stereocenters. The van der Waals surface area contributed by atoms with Crippen LogP contribution in [0.4, 0.5) is 19.0 Å². The second kappa shape index (κ2) is 6.94. The summed E-state index contributed by atoms with van der Waals surface area (Å²) in [4.78, 5) is 12.9. The topological polar surface area (TPSA) is 41.5 Å². The highest BCUT2D eigenvalue weighted by Crippen LogP contribution is 2.24. The highest BCUT2D eigenvalue weighted by atomic mass is 32.1. The first kappa shape index (κ1) is 17.0. The minimum absolute atomic E-state index is 0.302. The fourth-order valence-electron chi connectivity index (χ4n) is 2.60. The molecule has 0 bridgehead atoms. The molecule has 0 aromatic carbocycles. The van der Waals surface area contributed by atoms with Crippen LogP contribution in [0.1, 0.15) is 10.7 Å². The Labute approximate surface area is 141 Å². The van der Waals surface area contributed by atoms with Gasteiger partial charge in [0.15, 0.2) is 0 Å². The van der Waals surface area contributed by atoms with Crippen LogP contribution in [0, 0.1) is 6.92 Å². The second-order valence-corrected chi connectivity index (χ2v) is 6.58. The van der Waals surface area contributed by atoms with E-state index < -0.39 is 6.36 Å². The summed E-state index contributed by atoms with van der Waals surface area (Å²) < 4.78 is 40.3. The molecule has 1 saturated heterocycles. The lowest BCUT2D eigenvalue weighted by atomic mass is 10.3. The summed E-state index contributed by atoms with van der Waals surface area (Å²) in [6, 6.07) is 2.85. The van der Waals surface area contributed by atoms with Crippen LogP contribution in [-0.4, -0.2) is 47.4 Å². The zero-order valence-electron chi connectivity index (χ0n) is 13.1. The summed E-state index contributed by atoms with van der Waals surface area (Å²) in [5.41, 5.74) is 1.08. The van der Waals surface area contributed by atoms with Crippen molar-refractivity contribution in [3.8, 4) is 5.75 Å². The first-order valence-corrected chi connectivity index (χ1v) is 8.37. The smallest absolute Gasteiger partial charge is 0.404 e. The minimum Gasteiger partial charge on any atom is -0.404 e. The van der Waals surface area contributed by atoms with Gasteiger partial charge in [0, 0.05) is 38.1 Å². The van der Waals surface area contributed by atoms with Gasteiger partial charge in [0.05, 0.1) is 16.9 Å². The molecule has 2 aromatic heterocycles. The van der Waals surface area contributed by atoms with Crippen LogP contribution < -0.4 is 9.64 Å². The van der Waals surface area contributed by atoms with Gasteiger partial charge in [-0.05, 0) is 19.1 Å². The molecule has 3 rings (SSSR count). The van der Waals surface area contributed by atoms with E-state index in [0.717, 1.165) is 49.6 Å². The van der Waals surface area contributed by atoms with Gasteiger partial charge >= 0.3 is 6.36 Å². The molecule has 9 heteroatoms. The van der Waals surface area contributed by atoms with Crippen LogP contribution in [0.2, 0.25) is 0 Å². The molecule has 130 valence electrons. The van der Waals surface area contributed by atoms with E-state index in [1.807, 2.05) is 6.92 Å². The number of pyridine rings is 1. The van der Waals surface area contributed by atoms with Gasteiger partial charge in [-0.25, -0.2) is 9.97 Å². The van der Waals surface area contributed by atoms with Crippen molar-refractivity contribution in [1.82, 2.24) is 14.9 Å². The van der Waals surface area contributed by atoms with Gasteiger partial charge in [0.2, 0.25) is 0 Å². The lowest BCUT2D eigenvalue weighted by Crippen LogP contribution is -2.46. The number of rotatable bonds is 4. The van der Waals surface area contributed by atoms with Crippen molar-refractivity contribution in [3.63, 3.8) is 0 Å². The minimum atomic E-state index is -4.69. The third-order valence-corrected chi connectivity index (χ3v) is 4.53. The van der Waals surface area contributed by atoms with E-state index >= 15 is 0 Å². The lowest BCUT2D eigenvalue weighted by Gasteiger charge is -2.35. The number of ether oxygens (including phenoxy) is 1. The van der Waals surface area contributed by atoms with Crippen molar-refractivity contribution >= 4 is 17.2 Å². The number of nitrogens with zero attached hydrogens (tertiary/aromatic N) is 4. The third-order valence-electron chi connectivity index (χ3n) is 3.70. The maximum absolute atomic E-state index is 12.1. The number of anilines is 1. The number of thiazole rings is 1. The Morgan fingerprint density at radius 1 is 1.21 bits per heavy atom. The van der Waals surface area contributed by atoms with Crippen molar-refractivity contribution in [2.75, 3.05) is 31.1 Å². The quantitative estimate of drug-likeness (QED) is 0.840. The van der Waals surface area contributed by atoms with E-state index in [1.165, 1.54) is 6.07 Å². The molecular formula is C15H17F3N4OS. The summed E-state index contributed by atoms with van der Waals surface area (Å²) in [6.45, 7) is 6.08. The standard InChI is InChI=1S/C15H17F3N4OS/c1-11-20-12(10-24-11)9-21-4-6-22(7-5-21)14-3-2-13(8-19-14)23-15(16,17)18/h2-3,8,10H,4-7,9H2,1H3. The predicted octanol–water partition coefficient (Wildman–Crippen LogP) is 3.07. The van der Waals surface area contributed by atoms with E-state index in [-0.39, 0.29) is 5.75 Å². The van der Waals surface area contributed by atoms with E-state index in [2.05, 4.69) is 29.9 Å². The van der Waals surface area contributed by atoms with Gasteiger partial charge in [-0.3, -0.25) is 4.90 Å².